The molecule has 130 valence electrons. The lowest BCUT2D eigenvalue weighted by Crippen LogP contribution is -2.12. The molecule has 2 aromatic rings. The predicted molar refractivity (Wildman–Crippen MR) is 101 cm³/mol. The van der Waals surface area contributed by atoms with Gasteiger partial charge in [-0.25, -0.2) is 0 Å². The fourth-order valence-electron chi connectivity index (χ4n) is 3.49. The third-order valence-corrected chi connectivity index (χ3v) is 4.87. The summed E-state index contributed by atoms with van der Waals surface area (Å²) < 4.78 is 0. The van der Waals surface area contributed by atoms with Crippen LogP contribution in [0.5, 0.6) is 11.5 Å². The Morgan fingerprint density at radius 3 is 1.25 bits per heavy atom. The van der Waals surface area contributed by atoms with Crippen molar-refractivity contribution in [3.63, 3.8) is 0 Å². The second kappa shape index (κ2) is 9.36. The molecule has 24 heavy (non-hydrogen) atoms. The molecule has 2 atom stereocenters. The lowest BCUT2D eigenvalue weighted by Gasteiger charge is -2.28. The molecular weight excluding hydrogens is 296 g/mol. The third kappa shape index (κ3) is 5.02. The molecule has 0 heterocycles. The molecule has 0 aliphatic carbocycles. The monoisotopic (exact) mass is 326 g/mol. The maximum absolute atomic E-state index is 9.61. The average Bonchev–Trinajstić information content (AvgIpc) is 2.60. The van der Waals surface area contributed by atoms with Gasteiger partial charge in [-0.1, -0.05) is 63.8 Å². The Morgan fingerprint density at radius 2 is 0.958 bits per heavy atom. The summed E-state index contributed by atoms with van der Waals surface area (Å²) in [5, 5.41) is 19.2. The van der Waals surface area contributed by atoms with Crippen LogP contribution in [0, 0.1) is 0 Å². The number of rotatable bonds is 9. The molecule has 2 heteroatoms. The summed E-state index contributed by atoms with van der Waals surface area (Å²) in [5.74, 6) is 1.54. The molecule has 0 aliphatic heterocycles. The first-order valence-corrected chi connectivity index (χ1v) is 9.23. The molecule has 0 aliphatic rings. The van der Waals surface area contributed by atoms with Gasteiger partial charge in [-0.15, -0.1) is 0 Å². The van der Waals surface area contributed by atoms with Crippen LogP contribution in [0.15, 0.2) is 48.5 Å². The van der Waals surface area contributed by atoms with Crippen LogP contribution < -0.4 is 0 Å². The van der Waals surface area contributed by atoms with E-state index in [9.17, 15) is 10.2 Å². The van der Waals surface area contributed by atoms with Crippen molar-refractivity contribution in [2.75, 3.05) is 0 Å². The first-order chi connectivity index (χ1) is 11.7. The average molecular weight is 326 g/mol. The molecule has 0 aromatic heterocycles. The highest BCUT2D eigenvalue weighted by atomic mass is 16.3. The van der Waals surface area contributed by atoms with Crippen LogP contribution in [0.3, 0.4) is 0 Å². The molecule has 0 saturated heterocycles. The summed E-state index contributed by atoms with van der Waals surface area (Å²) in [4.78, 5) is 0. The van der Waals surface area contributed by atoms with E-state index in [0.717, 1.165) is 12.8 Å². The van der Waals surface area contributed by atoms with Crippen molar-refractivity contribution in [1.82, 2.24) is 0 Å². The summed E-state index contributed by atoms with van der Waals surface area (Å²) in [7, 11) is 0. The molecule has 0 saturated carbocycles. The number of unbranched alkanes of at least 4 members (excludes halogenated alkanes) is 2. The highest BCUT2D eigenvalue weighted by Crippen LogP contribution is 2.41. The minimum absolute atomic E-state index is 0.322. The Bertz CT molecular complexity index is 531. The molecule has 2 N–H and O–H groups in total. The Kier molecular flexibility index (Phi) is 7.17. The van der Waals surface area contributed by atoms with Crippen LogP contribution in [0.4, 0.5) is 0 Å². The number of hydrogen-bond donors (Lipinski definition) is 2. The second-order valence-electron chi connectivity index (χ2n) is 6.68. The largest absolute Gasteiger partial charge is 0.508 e. The maximum Gasteiger partial charge on any atom is 0.115 e. The normalized spacial score (nSPS) is 13.6. The summed E-state index contributed by atoms with van der Waals surface area (Å²) in [6.45, 7) is 4.46. The van der Waals surface area contributed by atoms with E-state index in [-0.39, 0.29) is 0 Å². The summed E-state index contributed by atoms with van der Waals surface area (Å²) >= 11 is 0. The minimum Gasteiger partial charge on any atom is -0.508 e. The molecule has 2 nitrogen and oxygen atoms in total. The van der Waals surface area contributed by atoms with Gasteiger partial charge in [0.2, 0.25) is 0 Å². The second-order valence-corrected chi connectivity index (χ2v) is 6.68. The van der Waals surface area contributed by atoms with Crippen LogP contribution in [0.25, 0.3) is 0 Å². The van der Waals surface area contributed by atoms with E-state index in [1.165, 1.54) is 36.8 Å². The van der Waals surface area contributed by atoms with E-state index >= 15 is 0 Å². The van der Waals surface area contributed by atoms with Crippen LogP contribution >= 0.6 is 0 Å². The topological polar surface area (TPSA) is 40.5 Å². The Morgan fingerprint density at radius 1 is 0.625 bits per heavy atom. The number of hydrogen-bond acceptors (Lipinski definition) is 2. The third-order valence-electron chi connectivity index (χ3n) is 4.87. The molecule has 2 unspecified atom stereocenters. The summed E-state index contributed by atoms with van der Waals surface area (Å²) in [6.07, 6.45) is 7.07. The van der Waals surface area contributed by atoms with E-state index in [2.05, 4.69) is 38.1 Å². The van der Waals surface area contributed by atoms with Gasteiger partial charge in [-0.3, -0.25) is 0 Å². The van der Waals surface area contributed by atoms with Gasteiger partial charge in [0.15, 0.2) is 0 Å². The van der Waals surface area contributed by atoms with Crippen LogP contribution in [0.1, 0.15) is 75.3 Å². The van der Waals surface area contributed by atoms with Gasteiger partial charge in [0, 0.05) is 0 Å². The molecule has 2 rings (SSSR count). The molecular formula is C22H30O2. The summed E-state index contributed by atoms with van der Waals surface area (Å²) in [5.41, 5.74) is 2.60. The fraction of sp³-hybridized carbons (Fsp3) is 0.455. The van der Waals surface area contributed by atoms with Gasteiger partial charge >= 0.3 is 0 Å². The quantitative estimate of drug-likeness (QED) is 0.564. The Balaban J connectivity index is 2.35. The lowest BCUT2D eigenvalue weighted by atomic mass is 9.76. The van der Waals surface area contributed by atoms with Crippen LogP contribution in [-0.4, -0.2) is 10.2 Å². The molecule has 0 radical (unpaired) electrons. The van der Waals surface area contributed by atoms with Gasteiger partial charge in [0.05, 0.1) is 0 Å². The summed E-state index contributed by atoms with van der Waals surface area (Å²) in [6, 6.07) is 15.4. The van der Waals surface area contributed by atoms with Crippen molar-refractivity contribution in [2.24, 2.45) is 0 Å². The SMILES string of the molecule is CCCCC(c1ccc(O)cc1)C(CCCC)c1ccc(O)cc1. The van der Waals surface area contributed by atoms with Gasteiger partial charge in [0.25, 0.3) is 0 Å². The van der Waals surface area contributed by atoms with Gasteiger partial charge < -0.3 is 10.2 Å². The zero-order chi connectivity index (χ0) is 17.4. The number of benzene rings is 2. The first-order valence-electron chi connectivity index (χ1n) is 9.23. The Labute approximate surface area is 146 Å². The van der Waals surface area contributed by atoms with Crippen molar-refractivity contribution in [3.8, 4) is 11.5 Å². The lowest BCUT2D eigenvalue weighted by molar-refractivity contribution is 0.445. The van der Waals surface area contributed by atoms with E-state index in [1.807, 2.05) is 0 Å². The zero-order valence-corrected chi connectivity index (χ0v) is 14.9. The first kappa shape index (κ1) is 18.4. The smallest absolute Gasteiger partial charge is 0.115 e. The van der Waals surface area contributed by atoms with Crippen molar-refractivity contribution in [1.29, 1.82) is 0 Å². The van der Waals surface area contributed by atoms with Gasteiger partial charge in [-0.05, 0) is 60.1 Å². The molecule has 0 fully saturated rings. The van der Waals surface area contributed by atoms with E-state index in [1.54, 1.807) is 24.3 Å². The number of aromatic hydroxyl groups is 2. The van der Waals surface area contributed by atoms with Gasteiger partial charge in [-0.2, -0.15) is 0 Å². The van der Waals surface area contributed by atoms with Gasteiger partial charge in [0.1, 0.15) is 11.5 Å². The van der Waals surface area contributed by atoms with Crippen molar-refractivity contribution in [2.45, 2.75) is 64.2 Å². The maximum atomic E-state index is 9.61. The van der Waals surface area contributed by atoms with E-state index < -0.39 is 0 Å². The highest BCUT2D eigenvalue weighted by molar-refractivity contribution is 5.34. The van der Waals surface area contributed by atoms with E-state index in [0.29, 0.717) is 23.3 Å². The van der Waals surface area contributed by atoms with Crippen molar-refractivity contribution in [3.05, 3.63) is 59.7 Å². The Hall–Kier alpha value is -1.96. The zero-order valence-electron chi connectivity index (χ0n) is 14.9. The molecule has 0 spiro atoms. The van der Waals surface area contributed by atoms with Crippen molar-refractivity contribution < 1.29 is 10.2 Å². The minimum atomic E-state index is 0.322. The molecule has 0 amide bonds. The number of phenols is 2. The van der Waals surface area contributed by atoms with E-state index in [4.69, 9.17) is 0 Å². The van der Waals surface area contributed by atoms with Crippen molar-refractivity contribution >= 4 is 0 Å². The fourth-order valence-corrected chi connectivity index (χ4v) is 3.49. The van der Waals surface area contributed by atoms with Crippen LogP contribution in [0.2, 0.25) is 0 Å². The molecule has 0 bridgehead atoms. The predicted octanol–water partition coefficient (Wildman–Crippen LogP) is 6.35. The van der Waals surface area contributed by atoms with Crippen LogP contribution in [-0.2, 0) is 0 Å². The molecule has 2 aromatic carbocycles. The number of phenolic OH excluding ortho intramolecular Hbond substituents is 2. The highest BCUT2D eigenvalue weighted by Gasteiger charge is 2.24. The standard InChI is InChI=1S/C22H30O2/c1-3-5-7-21(17-9-13-19(23)14-10-17)22(8-6-4-2)18-11-15-20(24)16-12-18/h9-16,21-24H,3-8H2,1-2H3.